The maximum atomic E-state index is 13.7. The molecule has 3 rings (SSSR count). The number of aromatic nitrogens is 3. The molecule has 14 heteroatoms. The zero-order chi connectivity index (χ0) is 25.9. The Hall–Kier alpha value is -3.78. The third kappa shape index (κ3) is 5.17. The molecule has 2 aromatic heterocycles. The summed E-state index contributed by atoms with van der Waals surface area (Å²) in [5.41, 5.74) is -0.827. The molecule has 0 saturated carbocycles. The Labute approximate surface area is 196 Å². The number of rotatable bonds is 8. The number of benzene rings is 1. The van der Waals surface area contributed by atoms with Gasteiger partial charge in [0.2, 0.25) is 6.41 Å². The number of aliphatic hydroxyl groups is 2. The van der Waals surface area contributed by atoms with Crippen LogP contribution in [0.1, 0.15) is 11.3 Å². The van der Waals surface area contributed by atoms with E-state index in [0.717, 1.165) is 6.07 Å². The van der Waals surface area contributed by atoms with E-state index in [4.69, 9.17) is 0 Å². The average Bonchev–Trinajstić information content (AvgIpc) is 3.07. The number of amides is 3. The van der Waals surface area contributed by atoms with Gasteiger partial charge in [0.15, 0.2) is 5.65 Å². The number of pyridine rings is 1. The van der Waals surface area contributed by atoms with Gasteiger partial charge in [0.05, 0.1) is 53.1 Å². The molecule has 0 aliphatic heterocycles. The first-order valence-electron chi connectivity index (χ1n) is 10.2. The molecule has 2 heterocycles. The molecule has 3 N–H and O–H groups in total. The van der Waals surface area contributed by atoms with Crippen molar-refractivity contribution in [2.24, 2.45) is 7.05 Å². The highest BCUT2D eigenvalue weighted by molar-refractivity contribution is 6.14. The quantitative estimate of drug-likeness (QED) is 0.322. The van der Waals surface area contributed by atoms with Crippen molar-refractivity contribution < 1.29 is 37.4 Å². The number of carbonyl (C=O) groups is 2. The van der Waals surface area contributed by atoms with E-state index in [0.29, 0.717) is 39.4 Å². The Morgan fingerprint density at radius 3 is 2.46 bits per heavy atom. The second-order valence-corrected chi connectivity index (χ2v) is 7.43. The van der Waals surface area contributed by atoms with Crippen LogP contribution >= 0.6 is 0 Å². The summed E-state index contributed by atoms with van der Waals surface area (Å²) >= 11 is 0. The van der Waals surface area contributed by atoms with Crippen molar-refractivity contribution in [1.82, 2.24) is 14.8 Å². The van der Waals surface area contributed by atoms with E-state index in [-0.39, 0.29) is 38.4 Å². The van der Waals surface area contributed by atoms with Crippen LogP contribution in [0, 0.1) is 12.7 Å². The van der Waals surface area contributed by atoms with Gasteiger partial charge in [0.1, 0.15) is 5.82 Å². The Kier molecular flexibility index (Phi) is 7.55. The fourth-order valence-corrected chi connectivity index (χ4v) is 3.67. The van der Waals surface area contributed by atoms with Crippen LogP contribution in [0.25, 0.3) is 11.0 Å². The predicted molar refractivity (Wildman–Crippen MR) is 119 cm³/mol. The number of nitrogens with zero attached hydrogens (tertiary/aromatic N) is 5. The first-order chi connectivity index (χ1) is 16.5. The fourth-order valence-electron chi connectivity index (χ4n) is 3.67. The molecule has 3 aromatic rings. The highest BCUT2D eigenvalue weighted by Crippen LogP contribution is 2.36. The number of anilines is 3. The Bertz CT molecular complexity index is 1240. The number of nitrogens with one attached hydrogen (secondary N) is 1. The van der Waals surface area contributed by atoms with Crippen LogP contribution in [0.2, 0.25) is 0 Å². The van der Waals surface area contributed by atoms with E-state index >= 15 is 0 Å². The lowest BCUT2D eigenvalue weighted by molar-refractivity contribution is -0.140. The van der Waals surface area contributed by atoms with Gasteiger partial charge in [0.25, 0.3) is 0 Å². The van der Waals surface area contributed by atoms with Crippen molar-refractivity contribution in [3.8, 4) is 0 Å². The van der Waals surface area contributed by atoms with Gasteiger partial charge in [-0.05, 0) is 25.1 Å². The first kappa shape index (κ1) is 25.8. The second-order valence-electron chi connectivity index (χ2n) is 7.43. The lowest BCUT2D eigenvalue weighted by Gasteiger charge is -2.27. The molecule has 0 unspecified atom stereocenters. The van der Waals surface area contributed by atoms with Gasteiger partial charge in [-0.1, -0.05) is 0 Å². The number of halogens is 4. The molecule has 0 atom stereocenters. The smallest absolute Gasteiger partial charge is 0.395 e. The second kappa shape index (κ2) is 10.2. The number of aryl methyl sites for hydroxylation is 2. The number of carbonyl (C=O) groups excluding carboxylic acids is 2. The minimum Gasteiger partial charge on any atom is -0.395 e. The molecule has 0 saturated heterocycles. The van der Waals surface area contributed by atoms with Crippen molar-refractivity contribution in [2.75, 3.05) is 41.4 Å². The third-order valence-electron chi connectivity index (χ3n) is 5.16. The van der Waals surface area contributed by atoms with Crippen molar-refractivity contribution in [3.63, 3.8) is 0 Å². The summed E-state index contributed by atoms with van der Waals surface area (Å²) in [7, 11) is 1.65. The normalized spacial score (nSPS) is 11.5. The van der Waals surface area contributed by atoms with Crippen molar-refractivity contribution >= 4 is 40.5 Å². The van der Waals surface area contributed by atoms with Crippen molar-refractivity contribution in [3.05, 3.63) is 41.5 Å². The largest absolute Gasteiger partial charge is 0.419 e. The lowest BCUT2D eigenvalue weighted by atomic mass is 10.1. The summed E-state index contributed by atoms with van der Waals surface area (Å²) in [6.07, 6.45) is -3.80. The summed E-state index contributed by atoms with van der Waals surface area (Å²) in [6, 6.07) is 0.567. The van der Waals surface area contributed by atoms with Gasteiger partial charge in [-0.3, -0.25) is 9.48 Å². The molecule has 0 radical (unpaired) electrons. The number of aliphatic hydroxyl groups excluding tert-OH is 2. The van der Waals surface area contributed by atoms with Crippen LogP contribution in [-0.2, 0) is 18.0 Å². The van der Waals surface area contributed by atoms with Crippen LogP contribution in [0.5, 0.6) is 0 Å². The van der Waals surface area contributed by atoms with Crippen LogP contribution < -0.4 is 15.1 Å². The van der Waals surface area contributed by atoms with Crippen LogP contribution in [0.3, 0.4) is 0 Å². The number of urea groups is 1. The topological polar surface area (TPSA) is 124 Å². The molecule has 1 aromatic carbocycles. The van der Waals surface area contributed by atoms with E-state index < -0.39 is 29.3 Å². The maximum absolute atomic E-state index is 13.7. The summed E-state index contributed by atoms with van der Waals surface area (Å²) < 4.78 is 54.5. The predicted octanol–water partition coefficient (Wildman–Crippen LogP) is 2.42. The van der Waals surface area contributed by atoms with Crippen LogP contribution in [0.4, 0.5) is 39.4 Å². The standard InChI is InChI=1S/C21H22F4N6O4/c1-12-17-18(30(5-7-32)6-8-33)16(10-26-19(17)29(2)28-12)27-20(35)31(11-34)13-3-4-15(22)14(9-13)21(23,24)25/h3-4,9-11,32-33H,5-8H2,1-2H3,(H,27,35). The molecule has 0 aliphatic rings. The Balaban J connectivity index is 2.08. The number of alkyl halides is 3. The maximum Gasteiger partial charge on any atom is 0.419 e. The van der Waals surface area contributed by atoms with Gasteiger partial charge in [0, 0.05) is 20.1 Å². The number of hydrogen-bond acceptors (Lipinski definition) is 7. The lowest BCUT2D eigenvalue weighted by Crippen LogP contribution is -2.36. The van der Waals surface area contributed by atoms with E-state index in [1.807, 2.05) is 0 Å². The van der Waals surface area contributed by atoms with Crippen LogP contribution in [0.15, 0.2) is 24.4 Å². The van der Waals surface area contributed by atoms with Crippen molar-refractivity contribution in [2.45, 2.75) is 13.1 Å². The van der Waals surface area contributed by atoms with Gasteiger partial charge >= 0.3 is 12.2 Å². The van der Waals surface area contributed by atoms with Gasteiger partial charge in [-0.25, -0.2) is 19.1 Å². The summed E-state index contributed by atoms with van der Waals surface area (Å²) in [5, 5.41) is 26.2. The average molecular weight is 498 g/mol. The monoisotopic (exact) mass is 498 g/mol. The summed E-state index contributed by atoms with van der Waals surface area (Å²) in [5.74, 6) is -1.56. The molecule has 3 amide bonds. The van der Waals surface area contributed by atoms with Gasteiger partial charge < -0.3 is 20.4 Å². The highest BCUT2D eigenvalue weighted by Gasteiger charge is 2.35. The SMILES string of the molecule is Cc1nn(C)c2ncc(NC(=O)N(C=O)c3ccc(F)c(C(F)(F)F)c3)c(N(CCO)CCO)c12. The minimum absolute atomic E-state index is 0.0110. The summed E-state index contributed by atoms with van der Waals surface area (Å²) in [6.45, 7) is 1.20. The van der Waals surface area contributed by atoms with Crippen LogP contribution in [-0.4, -0.2) is 63.7 Å². The number of fused-ring (bicyclic) bond motifs is 1. The minimum atomic E-state index is -5.04. The fraction of sp³-hybridized carbons (Fsp3) is 0.333. The number of imide groups is 1. The summed E-state index contributed by atoms with van der Waals surface area (Å²) in [4.78, 5) is 30.8. The van der Waals surface area contributed by atoms with E-state index in [1.165, 1.54) is 10.9 Å². The molecule has 0 fully saturated rings. The van der Waals surface area contributed by atoms with E-state index in [1.54, 1.807) is 18.9 Å². The Morgan fingerprint density at radius 2 is 1.89 bits per heavy atom. The first-order valence-corrected chi connectivity index (χ1v) is 10.2. The molecule has 10 nitrogen and oxygen atoms in total. The zero-order valence-electron chi connectivity index (χ0n) is 18.7. The molecule has 0 spiro atoms. The van der Waals surface area contributed by atoms with Gasteiger partial charge in [-0.15, -0.1) is 0 Å². The zero-order valence-corrected chi connectivity index (χ0v) is 18.7. The van der Waals surface area contributed by atoms with E-state index in [2.05, 4.69) is 15.4 Å². The molecule has 0 bridgehead atoms. The Morgan fingerprint density at radius 1 is 1.23 bits per heavy atom. The highest BCUT2D eigenvalue weighted by atomic mass is 19.4. The molecular formula is C21H22F4N6O4. The van der Waals surface area contributed by atoms with E-state index in [9.17, 15) is 37.4 Å². The third-order valence-corrected chi connectivity index (χ3v) is 5.16. The number of hydrogen-bond donors (Lipinski definition) is 3. The molecule has 188 valence electrons. The van der Waals surface area contributed by atoms with Crippen molar-refractivity contribution in [1.29, 1.82) is 0 Å². The molecule has 0 aliphatic carbocycles. The molecular weight excluding hydrogens is 476 g/mol. The van der Waals surface area contributed by atoms with Gasteiger partial charge in [-0.2, -0.15) is 18.3 Å². The molecule has 35 heavy (non-hydrogen) atoms.